The van der Waals surface area contributed by atoms with E-state index in [1.807, 2.05) is 5.32 Å². The van der Waals surface area contributed by atoms with Crippen LogP contribution < -0.4 is 10.7 Å². The number of benzene rings is 1. The fourth-order valence-corrected chi connectivity index (χ4v) is 3.52. The number of furan rings is 1. The van der Waals surface area contributed by atoms with Gasteiger partial charge in [0.1, 0.15) is 5.76 Å². The van der Waals surface area contributed by atoms with Gasteiger partial charge in [0.15, 0.2) is 5.76 Å². The zero-order valence-electron chi connectivity index (χ0n) is 18.4. The summed E-state index contributed by atoms with van der Waals surface area (Å²) in [6.45, 7) is 1.25. The number of aryl methyl sites for hydroxylation is 1. The monoisotopic (exact) mass is 547 g/mol. The third kappa shape index (κ3) is 5.13. The van der Waals surface area contributed by atoms with E-state index < -0.39 is 53.0 Å². The number of fused-ring (bicyclic) bond motifs is 1. The number of rotatable bonds is 5. The second kappa shape index (κ2) is 9.37. The van der Waals surface area contributed by atoms with Crippen molar-refractivity contribution >= 4 is 23.2 Å². The number of para-hydroxylation sites is 1. The first-order valence-corrected chi connectivity index (χ1v) is 10.2. The molecule has 2 amide bonds. The van der Waals surface area contributed by atoms with Gasteiger partial charge in [-0.15, -0.1) is 0 Å². The number of halogens is 10. The molecule has 1 heterocycles. The molecule has 0 saturated carbocycles. The fourth-order valence-electron chi connectivity index (χ4n) is 3.52. The van der Waals surface area contributed by atoms with Crippen molar-refractivity contribution in [2.45, 2.75) is 50.4 Å². The van der Waals surface area contributed by atoms with Gasteiger partial charge in [-0.1, -0.05) is 12.1 Å². The molecular formula is C21H15F10N3O3. The van der Waals surface area contributed by atoms with E-state index in [0.29, 0.717) is 0 Å². The highest BCUT2D eigenvalue weighted by atomic mass is 19.4. The summed E-state index contributed by atoms with van der Waals surface area (Å²) in [4.78, 5) is 24.2. The van der Waals surface area contributed by atoms with E-state index in [1.54, 1.807) is 0 Å². The molecule has 0 fully saturated rings. The van der Waals surface area contributed by atoms with Gasteiger partial charge in [-0.25, -0.2) is 5.43 Å². The number of alkyl halides is 10. The number of nitrogens with one attached hydrogen (secondary N) is 2. The number of nitrogens with zero attached hydrogens (tertiary/aromatic N) is 1. The lowest BCUT2D eigenvalue weighted by atomic mass is 9.93. The van der Waals surface area contributed by atoms with Crippen LogP contribution in [-0.4, -0.2) is 35.5 Å². The standard InChI is InChI=1S/C21H15F10N3O3/c1-9-14-12(33-34-17(36)18(22,23)20(27,28)21(29,30)31)7-4-8-13(14)37-15(9)16(35)32-11-6-3-2-5-10(11)19(24,25)26/h2-3,5-6H,4,7-8H2,1H3,(H,32,35)(H,34,36)/b33-12+. The Bertz CT molecular complexity index is 1250. The van der Waals surface area contributed by atoms with Crippen molar-refractivity contribution in [3.05, 3.63) is 52.5 Å². The Morgan fingerprint density at radius 2 is 1.57 bits per heavy atom. The molecule has 0 saturated heterocycles. The van der Waals surface area contributed by atoms with Crippen molar-refractivity contribution in [2.75, 3.05) is 5.32 Å². The Labute approximate surface area is 200 Å². The van der Waals surface area contributed by atoms with Gasteiger partial charge in [0, 0.05) is 17.5 Å². The summed E-state index contributed by atoms with van der Waals surface area (Å²) < 4.78 is 135. The van der Waals surface area contributed by atoms with Crippen molar-refractivity contribution < 1.29 is 57.9 Å². The summed E-state index contributed by atoms with van der Waals surface area (Å²) in [5.74, 6) is -17.5. The van der Waals surface area contributed by atoms with E-state index in [9.17, 15) is 53.5 Å². The molecule has 2 aromatic rings. The molecular weight excluding hydrogens is 532 g/mol. The van der Waals surface area contributed by atoms with E-state index in [-0.39, 0.29) is 41.9 Å². The zero-order chi connectivity index (χ0) is 28.0. The van der Waals surface area contributed by atoms with Crippen molar-refractivity contribution in [3.63, 3.8) is 0 Å². The van der Waals surface area contributed by atoms with Crippen LogP contribution in [0, 0.1) is 6.92 Å². The molecule has 6 nitrogen and oxygen atoms in total. The molecule has 0 radical (unpaired) electrons. The van der Waals surface area contributed by atoms with Crippen molar-refractivity contribution in [3.8, 4) is 0 Å². The van der Waals surface area contributed by atoms with E-state index in [4.69, 9.17) is 4.42 Å². The van der Waals surface area contributed by atoms with Gasteiger partial charge >= 0.3 is 30.1 Å². The van der Waals surface area contributed by atoms with Gasteiger partial charge in [-0.2, -0.15) is 49.0 Å². The Morgan fingerprint density at radius 3 is 2.16 bits per heavy atom. The van der Waals surface area contributed by atoms with Crippen LogP contribution >= 0.6 is 0 Å². The van der Waals surface area contributed by atoms with E-state index in [2.05, 4.69) is 5.10 Å². The normalized spacial score (nSPS) is 15.9. The predicted octanol–water partition coefficient (Wildman–Crippen LogP) is 5.85. The molecule has 0 atom stereocenters. The van der Waals surface area contributed by atoms with E-state index in [1.165, 1.54) is 13.0 Å². The van der Waals surface area contributed by atoms with Crippen LogP contribution in [0.1, 0.15) is 45.8 Å². The van der Waals surface area contributed by atoms with Crippen LogP contribution in [0.2, 0.25) is 0 Å². The third-order valence-electron chi connectivity index (χ3n) is 5.34. The molecule has 1 aliphatic carbocycles. The number of hydrogen-bond donors (Lipinski definition) is 2. The smallest absolute Gasteiger partial charge is 0.455 e. The maximum atomic E-state index is 13.6. The Morgan fingerprint density at radius 1 is 0.946 bits per heavy atom. The highest BCUT2D eigenvalue weighted by molar-refractivity contribution is 6.09. The molecule has 0 bridgehead atoms. The molecule has 1 aromatic heterocycles. The van der Waals surface area contributed by atoms with Crippen molar-refractivity contribution in [1.29, 1.82) is 0 Å². The van der Waals surface area contributed by atoms with Gasteiger partial charge < -0.3 is 9.73 Å². The summed E-state index contributed by atoms with van der Waals surface area (Å²) in [7, 11) is 0. The highest BCUT2D eigenvalue weighted by Crippen LogP contribution is 2.46. The first-order chi connectivity index (χ1) is 16.9. The molecule has 3 rings (SSSR count). The first kappa shape index (κ1) is 28.0. The van der Waals surface area contributed by atoms with Crippen LogP contribution in [0.3, 0.4) is 0 Å². The van der Waals surface area contributed by atoms with Gasteiger partial charge in [0.25, 0.3) is 5.91 Å². The quantitative estimate of drug-likeness (QED) is 0.364. The third-order valence-corrected chi connectivity index (χ3v) is 5.34. The second-order valence-electron chi connectivity index (χ2n) is 7.85. The minimum atomic E-state index is -6.73. The number of amides is 2. The zero-order valence-corrected chi connectivity index (χ0v) is 18.4. The summed E-state index contributed by atoms with van der Waals surface area (Å²) in [6.07, 6.45) is -11.3. The van der Waals surface area contributed by atoms with Crippen molar-refractivity contribution in [1.82, 2.24) is 5.43 Å². The predicted molar refractivity (Wildman–Crippen MR) is 106 cm³/mol. The number of hydrogen-bond acceptors (Lipinski definition) is 4. The maximum absolute atomic E-state index is 13.6. The minimum absolute atomic E-state index is 0.0124. The Hall–Kier alpha value is -3.59. The fraction of sp³-hybridized carbons (Fsp3) is 0.381. The Kier molecular flexibility index (Phi) is 7.09. The van der Waals surface area contributed by atoms with Gasteiger partial charge in [-0.3, -0.25) is 9.59 Å². The molecule has 1 aliphatic rings. The number of anilines is 1. The lowest BCUT2D eigenvalue weighted by Gasteiger charge is -2.26. The van der Waals surface area contributed by atoms with Gasteiger partial charge in [0.05, 0.1) is 17.0 Å². The van der Waals surface area contributed by atoms with Crippen LogP contribution in [0.25, 0.3) is 0 Å². The topological polar surface area (TPSA) is 83.7 Å². The Balaban J connectivity index is 1.89. The van der Waals surface area contributed by atoms with E-state index in [0.717, 1.165) is 23.6 Å². The minimum Gasteiger partial charge on any atom is -0.455 e. The lowest BCUT2D eigenvalue weighted by molar-refractivity contribution is -0.344. The number of carbonyl (C=O) groups is 2. The lowest BCUT2D eigenvalue weighted by Crippen LogP contribution is -2.58. The molecule has 202 valence electrons. The maximum Gasteiger partial charge on any atom is 0.460 e. The largest absolute Gasteiger partial charge is 0.460 e. The SMILES string of the molecule is Cc1c(C(=O)Nc2ccccc2C(F)(F)F)oc2c1/C(=N/NC(=O)C(F)(F)C(F)(F)C(F)(F)F)CCC2. The average Bonchev–Trinajstić information content (AvgIpc) is 3.13. The molecule has 1 aromatic carbocycles. The molecule has 0 aliphatic heterocycles. The first-order valence-electron chi connectivity index (χ1n) is 10.2. The van der Waals surface area contributed by atoms with Gasteiger partial charge in [-0.05, 0) is 31.9 Å². The number of hydrazone groups is 1. The van der Waals surface area contributed by atoms with E-state index >= 15 is 0 Å². The molecule has 2 N–H and O–H groups in total. The average molecular weight is 547 g/mol. The van der Waals surface area contributed by atoms with Crippen LogP contribution in [0.15, 0.2) is 33.8 Å². The van der Waals surface area contributed by atoms with Crippen LogP contribution in [-0.2, 0) is 17.4 Å². The summed E-state index contributed by atoms with van der Waals surface area (Å²) >= 11 is 0. The molecule has 0 spiro atoms. The summed E-state index contributed by atoms with van der Waals surface area (Å²) in [5, 5.41) is 5.29. The second-order valence-corrected chi connectivity index (χ2v) is 7.85. The molecule has 16 heteroatoms. The van der Waals surface area contributed by atoms with Crippen molar-refractivity contribution in [2.24, 2.45) is 5.10 Å². The number of carbonyl (C=O) groups excluding carboxylic acids is 2. The summed E-state index contributed by atoms with van der Waals surface area (Å²) in [6, 6.07) is 4.04. The van der Waals surface area contributed by atoms with Crippen LogP contribution in [0.5, 0.6) is 0 Å². The summed E-state index contributed by atoms with van der Waals surface area (Å²) in [5.41, 5.74) is -1.12. The van der Waals surface area contributed by atoms with Gasteiger partial charge in [0.2, 0.25) is 0 Å². The highest BCUT2D eigenvalue weighted by Gasteiger charge is 2.76. The molecule has 37 heavy (non-hydrogen) atoms. The van der Waals surface area contributed by atoms with Crippen LogP contribution in [0.4, 0.5) is 49.6 Å². The molecule has 0 unspecified atom stereocenters.